The Hall–Kier alpha value is 0.310. The molecule has 0 amide bonds. The van der Waals surface area contributed by atoms with Gasteiger partial charge in [-0.25, -0.2) is 0 Å². The van der Waals surface area contributed by atoms with Crippen molar-refractivity contribution in [2.24, 2.45) is 17.8 Å². The van der Waals surface area contributed by atoms with E-state index in [1.54, 1.807) is 0 Å². The van der Waals surface area contributed by atoms with Gasteiger partial charge in [0.25, 0.3) is 0 Å². The molecule has 1 unspecified atom stereocenters. The average molecular weight is 173 g/mol. The van der Waals surface area contributed by atoms with Gasteiger partial charge >= 0.3 is 0 Å². The highest BCUT2D eigenvalue weighted by Gasteiger charge is 2.29. The van der Waals surface area contributed by atoms with Crippen LogP contribution in [0, 0.1) is 17.8 Å². The predicted octanol–water partition coefficient (Wildman–Crippen LogP) is 1.84. The zero-order valence-electron chi connectivity index (χ0n) is 7.76. The van der Waals surface area contributed by atoms with Crippen molar-refractivity contribution >= 4 is 11.8 Å². The van der Waals surface area contributed by atoms with Crippen LogP contribution in [0.25, 0.3) is 0 Å². The molecule has 1 aliphatic heterocycles. The SMILES string of the molecule is CNCC(C(C)C)C1CSC1. The van der Waals surface area contributed by atoms with Crippen LogP contribution < -0.4 is 5.32 Å². The van der Waals surface area contributed by atoms with Gasteiger partial charge in [-0.3, -0.25) is 0 Å². The second-order valence-electron chi connectivity index (χ2n) is 3.76. The van der Waals surface area contributed by atoms with Crippen LogP contribution in [0.3, 0.4) is 0 Å². The molecule has 1 fully saturated rings. The lowest BCUT2D eigenvalue weighted by Gasteiger charge is -2.35. The maximum absolute atomic E-state index is 3.29. The first kappa shape index (κ1) is 9.40. The van der Waals surface area contributed by atoms with E-state index in [1.165, 1.54) is 18.1 Å². The van der Waals surface area contributed by atoms with Crippen LogP contribution in [0.2, 0.25) is 0 Å². The first-order chi connectivity index (χ1) is 5.25. The van der Waals surface area contributed by atoms with Gasteiger partial charge in [-0.1, -0.05) is 13.8 Å². The second-order valence-corrected chi connectivity index (χ2v) is 4.84. The second kappa shape index (κ2) is 4.36. The van der Waals surface area contributed by atoms with E-state index in [4.69, 9.17) is 0 Å². The smallest absolute Gasteiger partial charge is 0.00178 e. The standard InChI is InChI=1S/C9H19NS/c1-7(2)9(4-10-3)8-5-11-6-8/h7-10H,4-6H2,1-3H3. The van der Waals surface area contributed by atoms with Crippen molar-refractivity contribution in [2.75, 3.05) is 25.1 Å². The Labute approximate surface area is 74.3 Å². The largest absolute Gasteiger partial charge is 0.319 e. The minimum atomic E-state index is 0.841. The van der Waals surface area contributed by atoms with Crippen LogP contribution >= 0.6 is 11.8 Å². The molecule has 0 aliphatic carbocycles. The Morgan fingerprint density at radius 3 is 2.36 bits per heavy atom. The van der Waals surface area contributed by atoms with Crippen molar-refractivity contribution in [3.63, 3.8) is 0 Å². The fourth-order valence-corrected chi connectivity index (χ4v) is 2.69. The van der Waals surface area contributed by atoms with E-state index in [2.05, 4.69) is 38.0 Å². The Bertz CT molecular complexity index is 110. The van der Waals surface area contributed by atoms with Gasteiger partial charge in [0, 0.05) is 0 Å². The summed E-state index contributed by atoms with van der Waals surface area (Å²) in [7, 11) is 2.06. The van der Waals surface area contributed by atoms with E-state index in [0.717, 1.165) is 17.8 Å². The molecule has 0 bridgehead atoms. The first-order valence-electron chi connectivity index (χ1n) is 4.48. The summed E-state index contributed by atoms with van der Waals surface area (Å²) in [5.41, 5.74) is 0. The van der Waals surface area contributed by atoms with Gasteiger partial charge in [-0.2, -0.15) is 11.8 Å². The van der Waals surface area contributed by atoms with Gasteiger partial charge < -0.3 is 5.32 Å². The van der Waals surface area contributed by atoms with Crippen molar-refractivity contribution < 1.29 is 0 Å². The molecule has 0 aromatic rings. The Morgan fingerprint density at radius 1 is 1.45 bits per heavy atom. The zero-order chi connectivity index (χ0) is 8.27. The molecular formula is C9H19NS. The normalized spacial score (nSPS) is 21.8. The van der Waals surface area contributed by atoms with Crippen molar-refractivity contribution in [1.82, 2.24) is 5.32 Å². The molecule has 0 aromatic carbocycles. The van der Waals surface area contributed by atoms with Crippen molar-refractivity contribution in [1.29, 1.82) is 0 Å². The third-order valence-electron chi connectivity index (χ3n) is 2.57. The fourth-order valence-electron chi connectivity index (χ4n) is 1.68. The van der Waals surface area contributed by atoms with Gasteiger partial charge in [0.1, 0.15) is 0 Å². The highest BCUT2D eigenvalue weighted by molar-refractivity contribution is 8.00. The van der Waals surface area contributed by atoms with Crippen LogP contribution in [0.1, 0.15) is 13.8 Å². The molecule has 0 saturated carbocycles. The Morgan fingerprint density at radius 2 is 2.09 bits per heavy atom. The maximum atomic E-state index is 3.29. The molecular weight excluding hydrogens is 154 g/mol. The van der Waals surface area contributed by atoms with Crippen molar-refractivity contribution in [3.8, 4) is 0 Å². The van der Waals surface area contributed by atoms with Crippen LogP contribution in [0.5, 0.6) is 0 Å². The van der Waals surface area contributed by atoms with E-state index in [0.29, 0.717) is 0 Å². The number of thioether (sulfide) groups is 1. The third kappa shape index (κ3) is 2.38. The average Bonchev–Trinajstić information content (AvgIpc) is 1.82. The van der Waals surface area contributed by atoms with E-state index >= 15 is 0 Å². The quantitative estimate of drug-likeness (QED) is 0.696. The Balaban J connectivity index is 2.31. The monoisotopic (exact) mass is 173 g/mol. The number of nitrogens with one attached hydrogen (secondary N) is 1. The molecule has 1 N–H and O–H groups in total. The lowest BCUT2D eigenvalue weighted by Crippen LogP contribution is -2.36. The molecule has 1 saturated heterocycles. The highest BCUT2D eigenvalue weighted by Crippen LogP contribution is 2.34. The summed E-state index contributed by atoms with van der Waals surface area (Å²) in [5, 5.41) is 3.29. The summed E-state index contributed by atoms with van der Waals surface area (Å²) in [6, 6.07) is 0. The molecule has 1 heterocycles. The van der Waals surface area contributed by atoms with Crippen LogP contribution in [0.15, 0.2) is 0 Å². The van der Waals surface area contributed by atoms with Crippen LogP contribution in [-0.2, 0) is 0 Å². The van der Waals surface area contributed by atoms with E-state index in [1.807, 2.05) is 0 Å². The van der Waals surface area contributed by atoms with Gasteiger partial charge in [0.05, 0.1) is 0 Å². The molecule has 0 aromatic heterocycles. The highest BCUT2D eigenvalue weighted by atomic mass is 32.2. The van der Waals surface area contributed by atoms with Crippen molar-refractivity contribution in [3.05, 3.63) is 0 Å². The molecule has 11 heavy (non-hydrogen) atoms. The summed E-state index contributed by atoms with van der Waals surface area (Å²) in [5.74, 6) is 5.52. The Kier molecular flexibility index (Phi) is 3.73. The minimum Gasteiger partial charge on any atom is -0.319 e. The molecule has 1 atom stereocenters. The molecule has 1 aliphatic rings. The number of rotatable bonds is 4. The van der Waals surface area contributed by atoms with E-state index in [-0.39, 0.29) is 0 Å². The van der Waals surface area contributed by atoms with Crippen LogP contribution in [-0.4, -0.2) is 25.1 Å². The maximum Gasteiger partial charge on any atom is -0.00178 e. The molecule has 2 heteroatoms. The summed E-state index contributed by atoms with van der Waals surface area (Å²) in [6.07, 6.45) is 0. The first-order valence-corrected chi connectivity index (χ1v) is 5.63. The molecule has 0 radical (unpaired) electrons. The predicted molar refractivity (Wildman–Crippen MR) is 53.1 cm³/mol. The van der Waals surface area contributed by atoms with Crippen molar-refractivity contribution in [2.45, 2.75) is 13.8 Å². The van der Waals surface area contributed by atoms with Gasteiger partial charge in [-0.15, -0.1) is 0 Å². The molecule has 66 valence electrons. The topological polar surface area (TPSA) is 12.0 Å². The van der Waals surface area contributed by atoms with Gasteiger partial charge in [0.15, 0.2) is 0 Å². The van der Waals surface area contributed by atoms with Gasteiger partial charge in [-0.05, 0) is 42.9 Å². The van der Waals surface area contributed by atoms with Gasteiger partial charge in [0.2, 0.25) is 0 Å². The molecule has 1 rings (SSSR count). The fraction of sp³-hybridized carbons (Fsp3) is 1.00. The molecule has 0 spiro atoms. The number of hydrogen-bond acceptors (Lipinski definition) is 2. The summed E-state index contributed by atoms with van der Waals surface area (Å²) in [6.45, 7) is 5.87. The van der Waals surface area contributed by atoms with E-state index in [9.17, 15) is 0 Å². The number of hydrogen-bond donors (Lipinski definition) is 1. The lowest BCUT2D eigenvalue weighted by atomic mass is 9.85. The summed E-state index contributed by atoms with van der Waals surface area (Å²) < 4.78 is 0. The van der Waals surface area contributed by atoms with Crippen LogP contribution in [0.4, 0.5) is 0 Å². The molecule has 1 nitrogen and oxygen atoms in total. The summed E-state index contributed by atoms with van der Waals surface area (Å²) in [4.78, 5) is 0. The summed E-state index contributed by atoms with van der Waals surface area (Å²) >= 11 is 2.09. The third-order valence-corrected chi connectivity index (χ3v) is 3.89. The minimum absolute atomic E-state index is 0.841. The zero-order valence-corrected chi connectivity index (χ0v) is 8.58. The van der Waals surface area contributed by atoms with E-state index < -0.39 is 0 Å². The lowest BCUT2D eigenvalue weighted by molar-refractivity contribution is 0.280.